The summed E-state index contributed by atoms with van der Waals surface area (Å²) in [7, 11) is 0. The second-order valence-corrected chi connectivity index (χ2v) is 7.62. The fraction of sp³-hybridized carbons (Fsp3) is 0.231. The summed E-state index contributed by atoms with van der Waals surface area (Å²) in [5, 5.41) is 0. The molecular weight excluding hydrogens is 347 g/mol. The van der Waals surface area contributed by atoms with Gasteiger partial charge in [-0.1, -0.05) is 12.1 Å². The predicted octanol–water partition coefficient (Wildman–Crippen LogP) is 3.82. The van der Waals surface area contributed by atoms with Crippen molar-refractivity contribution >= 4 is 39.0 Å². The van der Waals surface area contributed by atoms with Crippen LogP contribution >= 0.6 is 39.0 Å². The SMILES string of the molecule is NNC(CSc1ccccc1F)Cc1ccc(Br)s1. The van der Waals surface area contributed by atoms with Crippen molar-refractivity contribution in [3.8, 4) is 0 Å². The highest BCUT2D eigenvalue weighted by Crippen LogP contribution is 2.26. The maximum Gasteiger partial charge on any atom is 0.136 e. The summed E-state index contributed by atoms with van der Waals surface area (Å²) < 4.78 is 14.6. The van der Waals surface area contributed by atoms with E-state index >= 15 is 0 Å². The molecule has 1 aromatic carbocycles. The lowest BCUT2D eigenvalue weighted by Gasteiger charge is -2.14. The molecule has 2 aromatic rings. The fourth-order valence-corrected chi connectivity index (χ4v) is 4.16. The minimum Gasteiger partial charge on any atom is -0.271 e. The van der Waals surface area contributed by atoms with Gasteiger partial charge in [0.2, 0.25) is 0 Å². The van der Waals surface area contributed by atoms with Gasteiger partial charge in [-0.25, -0.2) is 4.39 Å². The minimum atomic E-state index is -0.179. The third-order valence-corrected chi connectivity index (χ3v) is 5.45. The summed E-state index contributed by atoms with van der Waals surface area (Å²) in [6.45, 7) is 0. The van der Waals surface area contributed by atoms with Crippen molar-refractivity contribution in [2.45, 2.75) is 17.4 Å². The van der Waals surface area contributed by atoms with Gasteiger partial charge in [-0.05, 0) is 46.6 Å². The average Bonchev–Trinajstić information content (AvgIpc) is 2.81. The first-order chi connectivity index (χ1) is 9.19. The van der Waals surface area contributed by atoms with Crippen LogP contribution in [0.25, 0.3) is 0 Å². The molecule has 2 rings (SSSR count). The topological polar surface area (TPSA) is 38.0 Å². The normalized spacial score (nSPS) is 12.6. The molecule has 0 aliphatic heterocycles. The lowest BCUT2D eigenvalue weighted by Crippen LogP contribution is -2.38. The number of halogens is 2. The molecule has 0 aliphatic carbocycles. The highest BCUT2D eigenvalue weighted by molar-refractivity contribution is 9.11. The van der Waals surface area contributed by atoms with E-state index in [4.69, 9.17) is 5.84 Å². The summed E-state index contributed by atoms with van der Waals surface area (Å²) in [6.07, 6.45) is 0.841. The van der Waals surface area contributed by atoms with E-state index in [1.54, 1.807) is 23.5 Å². The van der Waals surface area contributed by atoms with Gasteiger partial charge in [0.05, 0.1) is 3.79 Å². The number of nitrogens with one attached hydrogen (secondary N) is 1. The Morgan fingerprint density at radius 1 is 1.32 bits per heavy atom. The molecule has 0 radical (unpaired) electrons. The Bertz CT molecular complexity index is 533. The molecule has 0 fully saturated rings. The molecule has 19 heavy (non-hydrogen) atoms. The molecule has 0 saturated carbocycles. The van der Waals surface area contributed by atoms with Crippen molar-refractivity contribution in [2.24, 2.45) is 5.84 Å². The minimum absolute atomic E-state index is 0.121. The molecule has 0 spiro atoms. The zero-order valence-electron chi connectivity index (χ0n) is 10.1. The molecule has 6 heteroatoms. The molecule has 2 nitrogen and oxygen atoms in total. The van der Waals surface area contributed by atoms with Gasteiger partial charge in [-0.2, -0.15) is 0 Å². The van der Waals surface area contributed by atoms with Crippen molar-refractivity contribution in [2.75, 3.05) is 5.75 Å². The maximum absolute atomic E-state index is 13.5. The Morgan fingerprint density at radius 2 is 2.11 bits per heavy atom. The smallest absolute Gasteiger partial charge is 0.136 e. The van der Waals surface area contributed by atoms with E-state index in [9.17, 15) is 4.39 Å². The standard InChI is InChI=1S/C13H14BrFN2S2/c14-13-6-5-10(19-13)7-9(17-16)8-18-12-4-2-1-3-11(12)15/h1-6,9,17H,7-8,16H2. The number of benzene rings is 1. The number of hydrazine groups is 1. The van der Waals surface area contributed by atoms with Crippen LogP contribution in [-0.4, -0.2) is 11.8 Å². The highest BCUT2D eigenvalue weighted by Gasteiger charge is 2.11. The van der Waals surface area contributed by atoms with Crippen molar-refractivity contribution in [1.82, 2.24) is 5.43 Å². The number of hydrogen-bond donors (Lipinski definition) is 2. The number of hydrogen-bond acceptors (Lipinski definition) is 4. The summed E-state index contributed by atoms with van der Waals surface area (Å²) >= 11 is 6.62. The van der Waals surface area contributed by atoms with Gasteiger partial charge in [-0.3, -0.25) is 11.3 Å². The first-order valence-corrected chi connectivity index (χ1v) is 8.36. The van der Waals surface area contributed by atoms with Gasteiger partial charge >= 0.3 is 0 Å². The molecule has 1 aromatic heterocycles. The molecule has 102 valence electrons. The Labute approximate surface area is 128 Å². The van der Waals surface area contributed by atoms with Crippen LogP contribution in [0.2, 0.25) is 0 Å². The third kappa shape index (κ3) is 4.57. The zero-order chi connectivity index (χ0) is 13.7. The number of nitrogens with two attached hydrogens (primary N) is 1. The van der Waals surface area contributed by atoms with Crippen LogP contribution in [-0.2, 0) is 6.42 Å². The van der Waals surface area contributed by atoms with Gasteiger partial charge in [0, 0.05) is 21.6 Å². The second kappa shape index (κ2) is 7.40. The van der Waals surface area contributed by atoms with Crippen molar-refractivity contribution in [3.63, 3.8) is 0 Å². The summed E-state index contributed by atoms with van der Waals surface area (Å²) in [6, 6.07) is 11.0. The van der Waals surface area contributed by atoms with Crippen LogP contribution in [0.4, 0.5) is 4.39 Å². The van der Waals surface area contributed by atoms with Crippen LogP contribution in [0.1, 0.15) is 4.88 Å². The van der Waals surface area contributed by atoms with Crippen LogP contribution < -0.4 is 11.3 Å². The van der Waals surface area contributed by atoms with Gasteiger partial charge < -0.3 is 0 Å². The molecule has 3 N–H and O–H groups in total. The first kappa shape index (κ1) is 15.0. The summed E-state index contributed by atoms with van der Waals surface area (Å²) in [4.78, 5) is 1.92. The Morgan fingerprint density at radius 3 is 2.74 bits per heavy atom. The van der Waals surface area contributed by atoms with Gasteiger partial charge in [-0.15, -0.1) is 23.1 Å². The summed E-state index contributed by atoms with van der Waals surface area (Å²) in [5.41, 5.74) is 2.80. The van der Waals surface area contributed by atoms with E-state index in [1.807, 2.05) is 12.1 Å². The maximum atomic E-state index is 13.5. The number of rotatable bonds is 6. The van der Waals surface area contributed by atoms with Crippen LogP contribution in [0.15, 0.2) is 45.1 Å². The van der Waals surface area contributed by atoms with E-state index < -0.39 is 0 Å². The lowest BCUT2D eigenvalue weighted by atomic mass is 10.2. The van der Waals surface area contributed by atoms with E-state index in [0.717, 1.165) is 16.0 Å². The van der Waals surface area contributed by atoms with E-state index in [0.29, 0.717) is 4.90 Å². The first-order valence-electron chi connectivity index (χ1n) is 5.76. The number of thioether (sulfide) groups is 1. The van der Waals surface area contributed by atoms with Crippen molar-refractivity contribution in [1.29, 1.82) is 0 Å². The van der Waals surface area contributed by atoms with Crippen molar-refractivity contribution in [3.05, 3.63) is 50.9 Å². The molecule has 0 aliphatic rings. The third-order valence-electron chi connectivity index (χ3n) is 2.59. The largest absolute Gasteiger partial charge is 0.271 e. The van der Waals surface area contributed by atoms with Crippen LogP contribution in [0.5, 0.6) is 0 Å². The molecule has 0 bridgehead atoms. The molecule has 1 heterocycles. The Balaban J connectivity index is 1.91. The van der Waals surface area contributed by atoms with Gasteiger partial charge in [0.15, 0.2) is 0 Å². The molecule has 0 amide bonds. The van der Waals surface area contributed by atoms with E-state index in [2.05, 4.69) is 27.4 Å². The van der Waals surface area contributed by atoms with Gasteiger partial charge in [0.1, 0.15) is 5.82 Å². The molecular formula is C13H14BrFN2S2. The van der Waals surface area contributed by atoms with Crippen LogP contribution in [0.3, 0.4) is 0 Å². The fourth-order valence-electron chi connectivity index (χ4n) is 1.62. The quantitative estimate of drug-likeness (QED) is 0.467. The predicted molar refractivity (Wildman–Crippen MR) is 84.0 cm³/mol. The molecule has 1 atom stereocenters. The average molecular weight is 361 g/mol. The second-order valence-electron chi connectivity index (χ2n) is 4.01. The Kier molecular flexibility index (Phi) is 5.84. The van der Waals surface area contributed by atoms with Gasteiger partial charge in [0.25, 0.3) is 0 Å². The monoisotopic (exact) mass is 360 g/mol. The zero-order valence-corrected chi connectivity index (χ0v) is 13.3. The summed E-state index contributed by atoms with van der Waals surface area (Å²) in [5.74, 6) is 6.12. The Hall–Kier alpha value is -0.400. The van der Waals surface area contributed by atoms with Crippen molar-refractivity contribution < 1.29 is 4.39 Å². The van der Waals surface area contributed by atoms with Crippen LogP contribution in [0, 0.1) is 5.82 Å². The number of thiophene rings is 1. The lowest BCUT2D eigenvalue weighted by molar-refractivity contribution is 0.576. The van der Waals surface area contributed by atoms with E-state index in [1.165, 1.54) is 22.7 Å². The molecule has 0 saturated heterocycles. The highest BCUT2D eigenvalue weighted by atomic mass is 79.9. The van der Waals surface area contributed by atoms with E-state index in [-0.39, 0.29) is 11.9 Å². The molecule has 1 unspecified atom stereocenters.